The first kappa shape index (κ1) is 19.8. The van der Waals surface area contributed by atoms with Gasteiger partial charge in [0.15, 0.2) is 0 Å². The Morgan fingerprint density at radius 3 is 2.93 bits per heavy atom. The predicted octanol–water partition coefficient (Wildman–Crippen LogP) is 0.457. The Labute approximate surface area is 168 Å². The van der Waals surface area contributed by atoms with Crippen molar-refractivity contribution in [3.63, 3.8) is 0 Å². The molecule has 5 rings (SSSR count). The summed E-state index contributed by atoms with van der Waals surface area (Å²) in [6.45, 7) is 4.26. The zero-order valence-electron chi connectivity index (χ0n) is 17.2. The van der Waals surface area contributed by atoms with Crippen LogP contribution in [0.1, 0.15) is 50.6 Å². The normalized spacial score (nSPS) is 30.5. The van der Waals surface area contributed by atoms with E-state index in [9.17, 15) is 4.79 Å². The number of nitrogens with one attached hydrogen (secondary N) is 2. The van der Waals surface area contributed by atoms with Crippen molar-refractivity contribution in [2.45, 2.75) is 64.0 Å². The lowest BCUT2D eigenvalue weighted by atomic mass is 9.75. The minimum absolute atomic E-state index is 0.162. The fourth-order valence-corrected chi connectivity index (χ4v) is 5.66. The number of fused-ring (bicyclic) bond motifs is 3. The molecule has 4 atom stereocenters. The number of hydrogen-bond acceptors (Lipinski definition) is 4. The molecule has 156 valence electrons. The summed E-state index contributed by atoms with van der Waals surface area (Å²) in [6.07, 6.45) is 12.4. The highest BCUT2D eigenvalue weighted by molar-refractivity contribution is 5.79. The maximum Gasteiger partial charge on any atom is 0.229 e. The number of piperidine rings is 3. The first-order valence-corrected chi connectivity index (χ1v) is 11.2. The molecule has 3 aliphatic heterocycles. The number of amides is 1. The molecule has 1 aromatic heterocycles. The van der Waals surface area contributed by atoms with E-state index in [1.807, 2.05) is 0 Å². The van der Waals surface area contributed by atoms with Crippen molar-refractivity contribution in [1.29, 1.82) is 0 Å². The molecular weight excluding hydrogens is 354 g/mol. The van der Waals surface area contributed by atoms with Gasteiger partial charge in [-0.15, -0.1) is 5.10 Å². The Morgan fingerprint density at radius 1 is 1.32 bits per heavy atom. The molecule has 1 aliphatic carbocycles. The number of rotatable bonds is 8. The van der Waals surface area contributed by atoms with Crippen molar-refractivity contribution in [3.05, 3.63) is 11.9 Å². The minimum Gasteiger partial charge on any atom is -0.383 e. The number of hydrogen-bond donors (Lipinski definition) is 2. The molecule has 0 spiro atoms. The summed E-state index contributed by atoms with van der Waals surface area (Å²) in [5.74, 6) is 1.69. The summed E-state index contributed by atoms with van der Waals surface area (Å²) in [5, 5.41) is 11.9. The summed E-state index contributed by atoms with van der Waals surface area (Å²) in [6, 6.07) is 0.561. The van der Waals surface area contributed by atoms with Crippen LogP contribution in [0.4, 0.5) is 0 Å². The van der Waals surface area contributed by atoms with Crippen molar-refractivity contribution < 1.29 is 14.4 Å². The van der Waals surface area contributed by atoms with Gasteiger partial charge in [0.2, 0.25) is 5.91 Å². The van der Waals surface area contributed by atoms with Crippen LogP contribution in [0.25, 0.3) is 0 Å². The summed E-state index contributed by atoms with van der Waals surface area (Å²) in [7, 11) is 1.67. The van der Waals surface area contributed by atoms with Gasteiger partial charge in [-0.2, -0.15) is 0 Å². The van der Waals surface area contributed by atoms with E-state index in [4.69, 9.17) is 4.74 Å². The monoisotopic (exact) mass is 390 g/mol. The molecule has 2 bridgehead atoms. The SMILES string of the molecule is COCCNC(=O)[C@H]1C[NH+]2CC[C@H]1C[C@@H]2Cn1cc(CC2CCCCC2)nn1. The number of carbonyl (C=O) groups excluding carboxylic acids is 1. The van der Waals surface area contributed by atoms with Gasteiger partial charge in [0.1, 0.15) is 6.04 Å². The second kappa shape index (κ2) is 9.35. The highest BCUT2D eigenvalue weighted by Crippen LogP contribution is 2.28. The van der Waals surface area contributed by atoms with Gasteiger partial charge >= 0.3 is 0 Å². The molecule has 7 nitrogen and oxygen atoms in total. The third-order valence-corrected chi connectivity index (χ3v) is 7.21. The molecular formula is C21H36N5O2+. The third-order valence-electron chi connectivity index (χ3n) is 7.21. The standard InChI is InChI=1S/C21H35N5O2/c1-28-10-8-22-21(27)20-15-25-9-7-17(20)12-19(25)14-26-13-18(23-24-26)11-16-5-3-2-4-6-16/h13,16-17,19-20H,2-12,14-15H2,1H3,(H,22,27)/p+1/t17-,19+,20-/m0/s1. The quantitative estimate of drug-likeness (QED) is 0.633. The van der Waals surface area contributed by atoms with Gasteiger partial charge in [-0.3, -0.25) is 4.79 Å². The number of aromatic nitrogens is 3. The summed E-state index contributed by atoms with van der Waals surface area (Å²) >= 11 is 0. The van der Waals surface area contributed by atoms with Gasteiger partial charge in [0.25, 0.3) is 0 Å². The molecule has 4 heterocycles. The summed E-state index contributed by atoms with van der Waals surface area (Å²) in [5.41, 5.74) is 1.16. The average molecular weight is 391 g/mol. The molecule has 1 saturated carbocycles. The van der Waals surface area contributed by atoms with Gasteiger partial charge < -0.3 is 15.0 Å². The Morgan fingerprint density at radius 2 is 2.18 bits per heavy atom. The number of nitrogens with zero attached hydrogens (tertiary/aromatic N) is 3. The minimum atomic E-state index is 0.162. The molecule has 7 heteroatoms. The van der Waals surface area contributed by atoms with Gasteiger partial charge in [0, 0.05) is 32.7 Å². The van der Waals surface area contributed by atoms with E-state index < -0.39 is 0 Å². The van der Waals surface area contributed by atoms with E-state index in [1.54, 1.807) is 12.0 Å². The van der Waals surface area contributed by atoms with Gasteiger partial charge in [-0.05, 0) is 18.3 Å². The lowest BCUT2D eigenvalue weighted by Gasteiger charge is -2.46. The highest BCUT2D eigenvalue weighted by Gasteiger charge is 2.46. The van der Waals surface area contributed by atoms with Crippen LogP contribution < -0.4 is 10.2 Å². The van der Waals surface area contributed by atoms with Crippen molar-refractivity contribution in [1.82, 2.24) is 20.3 Å². The van der Waals surface area contributed by atoms with Crippen LogP contribution in [-0.4, -0.2) is 60.3 Å². The lowest BCUT2D eigenvalue weighted by Crippen LogP contribution is -3.20. The Hall–Kier alpha value is -1.47. The van der Waals surface area contributed by atoms with Crippen molar-refractivity contribution in [2.24, 2.45) is 17.8 Å². The summed E-state index contributed by atoms with van der Waals surface area (Å²) in [4.78, 5) is 14.1. The van der Waals surface area contributed by atoms with Crippen LogP contribution in [-0.2, 0) is 22.5 Å². The van der Waals surface area contributed by atoms with Crippen LogP contribution in [0.15, 0.2) is 6.20 Å². The zero-order valence-corrected chi connectivity index (χ0v) is 17.2. The van der Waals surface area contributed by atoms with Crippen LogP contribution >= 0.6 is 0 Å². The topological polar surface area (TPSA) is 73.5 Å². The average Bonchev–Trinajstić information content (AvgIpc) is 3.16. The van der Waals surface area contributed by atoms with E-state index in [-0.39, 0.29) is 11.8 Å². The summed E-state index contributed by atoms with van der Waals surface area (Å²) < 4.78 is 7.10. The Bertz CT molecular complexity index is 642. The first-order valence-electron chi connectivity index (χ1n) is 11.2. The third kappa shape index (κ3) is 4.74. The molecule has 3 saturated heterocycles. The van der Waals surface area contributed by atoms with E-state index in [1.165, 1.54) is 45.1 Å². The number of carbonyl (C=O) groups is 1. The number of methoxy groups -OCH3 is 1. The smallest absolute Gasteiger partial charge is 0.229 e. The van der Waals surface area contributed by atoms with Crippen molar-refractivity contribution in [2.75, 3.05) is 33.4 Å². The molecule has 4 aliphatic rings. The van der Waals surface area contributed by atoms with E-state index in [0.29, 0.717) is 25.1 Å². The van der Waals surface area contributed by atoms with Crippen LogP contribution in [0.2, 0.25) is 0 Å². The second-order valence-corrected chi connectivity index (χ2v) is 9.12. The van der Waals surface area contributed by atoms with Crippen LogP contribution in [0.3, 0.4) is 0 Å². The Balaban J connectivity index is 1.28. The van der Waals surface area contributed by atoms with Crippen molar-refractivity contribution >= 4 is 5.91 Å². The van der Waals surface area contributed by atoms with Crippen LogP contribution in [0.5, 0.6) is 0 Å². The maximum absolute atomic E-state index is 12.5. The molecule has 28 heavy (non-hydrogen) atoms. The zero-order chi connectivity index (χ0) is 19.3. The predicted molar refractivity (Wildman–Crippen MR) is 106 cm³/mol. The molecule has 4 fully saturated rings. The largest absolute Gasteiger partial charge is 0.383 e. The first-order chi connectivity index (χ1) is 13.7. The lowest BCUT2D eigenvalue weighted by molar-refractivity contribution is -0.945. The van der Waals surface area contributed by atoms with Gasteiger partial charge in [-0.25, -0.2) is 4.68 Å². The fraction of sp³-hybridized carbons (Fsp3) is 0.857. The highest BCUT2D eigenvalue weighted by atomic mass is 16.5. The van der Waals surface area contributed by atoms with Crippen LogP contribution in [0, 0.1) is 17.8 Å². The number of ether oxygens (including phenoxy) is 1. The number of quaternary nitrogens is 1. The van der Waals surface area contributed by atoms with E-state index >= 15 is 0 Å². The molecule has 1 aromatic rings. The molecule has 1 amide bonds. The molecule has 0 radical (unpaired) electrons. The Kier molecular flexibility index (Phi) is 6.62. The van der Waals surface area contributed by atoms with Gasteiger partial charge in [-0.1, -0.05) is 37.3 Å². The molecule has 1 unspecified atom stereocenters. The molecule has 0 aromatic carbocycles. The van der Waals surface area contributed by atoms with E-state index in [0.717, 1.165) is 37.5 Å². The maximum atomic E-state index is 12.5. The van der Waals surface area contributed by atoms with Crippen molar-refractivity contribution in [3.8, 4) is 0 Å². The fourth-order valence-electron chi connectivity index (χ4n) is 5.66. The van der Waals surface area contributed by atoms with E-state index in [2.05, 4.69) is 26.5 Å². The molecule has 2 N–H and O–H groups in total. The second-order valence-electron chi connectivity index (χ2n) is 9.12. The van der Waals surface area contributed by atoms with Gasteiger partial charge in [0.05, 0.1) is 37.9 Å².